The van der Waals surface area contributed by atoms with E-state index in [0.717, 1.165) is 69.8 Å². The van der Waals surface area contributed by atoms with Crippen molar-refractivity contribution in [3.05, 3.63) is 23.8 Å². The van der Waals surface area contributed by atoms with Gasteiger partial charge in [-0.2, -0.15) is 0 Å². The van der Waals surface area contributed by atoms with Gasteiger partial charge < -0.3 is 14.4 Å². The summed E-state index contributed by atoms with van der Waals surface area (Å²) >= 11 is 0. The topological polar surface area (TPSA) is 42.0 Å². The maximum Gasteiger partial charge on any atom is 0.236 e. The molecule has 0 bridgehead atoms. The summed E-state index contributed by atoms with van der Waals surface area (Å²) in [7, 11) is 0. The van der Waals surface area contributed by atoms with Gasteiger partial charge in [-0.15, -0.1) is 0 Å². The molecule has 1 unspecified atom stereocenters. The van der Waals surface area contributed by atoms with E-state index in [1.165, 1.54) is 5.56 Å². The predicted octanol–water partition coefficient (Wildman–Crippen LogP) is 3.63. The van der Waals surface area contributed by atoms with Crippen LogP contribution in [0.25, 0.3) is 0 Å². The molecule has 1 aromatic carbocycles. The van der Waals surface area contributed by atoms with Crippen molar-refractivity contribution < 1.29 is 14.3 Å². The number of ether oxygens (including phenoxy) is 2. The molecule has 0 radical (unpaired) electrons. The molecule has 2 aliphatic rings. The number of likely N-dealkylation sites (tertiary alicyclic amines) is 1. The maximum absolute atomic E-state index is 12.8. The summed E-state index contributed by atoms with van der Waals surface area (Å²) in [5, 5.41) is 0. The summed E-state index contributed by atoms with van der Waals surface area (Å²) in [6.07, 6.45) is 5.54. The average molecular weight is 360 g/mol. The number of unbranched alkanes of at least 4 members (excludes halogenated alkanes) is 2. The Morgan fingerprint density at radius 1 is 1.15 bits per heavy atom. The van der Waals surface area contributed by atoms with Crippen LogP contribution in [0.15, 0.2) is 18.2 Å². The third kappa shape index (κ3) is 4.70. The van der Waals surface area contributed by atoms with Gasteiger partial charge in [0.05, 0.1) is 6.54 Å². The van der Waals surface area contributed by atoms with Crippen LogP contribution in [-0.4, -0.2) is 55.2 Å². The van der Waals surface area contributed by atoms with Gasteiger partial charge in [0.25, 0.3) is 0 Å². The molecule has 1 aromatic rings. The predicted molar refractivity (Wildman–Crippen MR) is 103 cm³/mol. The second-order valence-electron chi connectivity index (χ2n) is 7.42. The molecule has 3 rings (SSSR count). The van der Waals surface area contributed by atoms with Gasteiger partial charge in [-0.25, -0.2) is 0 Å². The standard InChI is InChI=1S/C21H32N2O3/c1-3-5-10-23(11-6-4-2)21(24)15-22-12-9-18(14-22)17-7-8-19-20(13-17)26-16-25-19/h7-8,13,18H,3-6,9-12,14-16H2,1-2H3. The minimum atomic E-state index is 0.290. The van der Waals surface area contributed by atoms with E-state index in [1.807, 2.05) is 6.07 Å². The van der Waals surface area contributed by atoms with Crippen LogP contribution in [-0.2, 0) is 4.79 Å². The molecule has 0 N–H and O–H groups in total. The van der Waals surface area contributed by atoms with E-state index in [-0.39, 0.29) is 0 Å². The molecule has 1 atom stereocenters. The number of fused-ring (bicyclic) bond motifs is 1. The molecule has 1 fully saturated rings. The number of carbonyl (C=O) groups excluding carboxylic acids is 1. The maximum atomic E-state index is 12.8. The smallest absolute Gasteiger partial charge is 0.236 e. The molecule has 26 heavy (non-hydrogen) atoms. The molecular formula is C21H32N2O3. The lowest BCUT2D eigenvalue weighted by Gasteiger charge is -2.25. The van der Waals surface area contributed by atoms with Crippen LogP contribution >= 0.6 is 0 Å². The first kappa shape index (κ1) is 19.0. The second-order valence-corrected chi connectivity index (χ2v) is 7.42. The third-order valence-electron chi connectivity index (χ3n) is 5.42. The summed E-state index contributed by atoms with van der Waals surface area (Å²) in [5.74, 6) is 2.44. The van der Waals surface area contributed by atoms with E-state index < -0.39 is 0 Å². The Morgan fingerprint density at radius 3 is 2.62 bits per heavy atom. The van der Waals surface area contributed by atoms with Crippen LogP contribution in [0.4, 0.5) is 0 Å². The molecule has 2 heterocycles. The molecule has 1 saturated heterocycles. The highest BCUT2D eigenvalue weighted by molar-refractivity contribution is 5.78. The van der Waals surface area contributed by atoms with Crippen LogP contribution in [0.5, 0.6) is 11.5 Å². The second kappa shape index (κ2) is 9.26. The largest absolute Gasteiger partial charge is 0.454 e. The molecule has 0 spiro atoms. The summed E-state index contributed by atoms with van der Waals surface area (Å²) in [6, 6.07) is 6.24. The van der Waals surface area contributed by atoms with Gasteiger partial charge in [0.1, 0.15) is 0 Å². The number of benzene rings is 1. The minimum absolute atomic E-state index is 0.290. The molecule has 144 valence electrons. The van der Waals surface area contributed by atoms with Crippen molar-refractivity contribution in [1.29, 1.82) is 0 Å². The highest BCUT2D eigenvalue weighted by atomic mass is 16.7. The fourth-order valence-electron chi connectivity index (χ4n) is 3.77. The summed E-state index contributed by atoms with van der Waals surface area (Å²) < 4.78 is 10.9. The molecule has 1 amide bonds. The number of nitrogens with zero attached hydrogens (tertiary/aromatic N) is 2. The summed E-state index contributed by atoms with van der Waals surface area (Å²) in [5.41, 5.74) is 1.29. The van der Waals surface area contributed by atoms with Crippen molar-refractivity contribution in [3.8, 4) is 11.5 Å². The zero-order valence-electron chi connectivity index (χ0n) is 16.2. The monoisotopic (exact) mass is 360 g/mol. The lowest BCUT2D eigenvalue weighted by molar-refractivity contribution is -0.132. The van der Waals surface area contributed by atoms with Gasteiger partial charge in [-0.05, 0) is 49.4 Å². The Bertz CT molecular complexity index is 597. The first-order valence-electron chi connectivity index (χ1n) is 10.1. The fraction of sp³-hybridized carbons (Fsp3) is 0.667. The van der Waals surface area contributed by atoms with Crippen molar-refractivity contribution >= 4 is 5.91 Å². The molecule has 0 aromatic heterocycles. The van der Waals surface area contributed by atoms with E-state index in [0.29, 0.717) is 25.2 Å². The minimum Gasteiger partial charge on any atom is -0.454 e. The molecule has 5 heteroatoms. The van der Waals surface area contributed by atoms with Crippen molar-refractivity contribution in [2.24, 2.45) is 0 Å². The van der Waals surface area contributed by atoms with Gasteiger partial charge >= 0.3 is 0 Å². The Labute approximate surface area is 157 Å². The van der Waals surface area contributed by atoms with E-state index >= 15 is 0 Å². The van der Waals surface area contributed by atoms with Crippen LogP contribution in [0.3, 0.4) is 0 Å². The van der Waals surface area contributed by atoms with E-state index in [9.17, 15) is 4.79 Å². The number of amides is 1. The van der Waals surface area contributed by atoms with Crippen molar-refractivity contribution in [1.82, 2.24) is 9.80 Å². The Hall–Kier alpha value is -1.75. The normalized spacial score (nSPS) is 19.1. The first-order valence-corrected chi connectivity index (χ1v) is 10.1. The van der Waals surface area contributed by atoms with Gasteiger partial charge in [0.2, 0.25) is 12.7 Å². The van der Waals surface area contributed by atoms with E-state index in [1.54, 1.807) is 0 Å². The number of hydrogen-bond donors (Lipinski definition) is 0. The third-order valence-corrected chi connectivity index (χ3v) is 5.42. The van der Waals surface area contributed by atoms with Crippen LogP contribution < -0.4 is 9.47 Å². The Balaban J connectivity index is 1.53. The van der Waals surface area contributed by atoms with Crippen LogP contribution in [0.2, 0.25) is 0 Å². The van der Waals surface area contributed by atoms with Crippen molar-refractivity contribution in [2.45, 2.75) is 51.9 Å². The molecule has 5 nitrogen and oxygen atoms in total. The quantitative estimate of drug-likeness (QED) is 0.674. The first-order chi connectivity index (χ1) is 12.7. The van der Waals surface area contributed by atoms with Gasteiger partial charge in [-0.3, -0.25) is 9.69 Å². The number of rotatable bonds is 9. The average Bonchev–Trinajstić information content (AvgIpc) is 3.30. The number of hydrogen-bond acceptors (Lipinski definition) is 4. The van der Waals surface area contributed by atoms with Crippen LogP contribution in [0, 0.1) is 0 Å². The van der Waals surface area contributed by atoms with Crippen molar-refractivity contribution in [3.63, 3.8) is 0 Å². The van der Waals surface area contributed by atoms with Crippen LogP contribution in [0.1, 0.15) is 57.4 Å². The Morgan fingerprint density at radius 2 is 1.88 bits per heavy atom. The highest BCUT2D eigenvalue weighted by Gasteiger charge is 2.28. The molecule has 0 saturated carbocycles. The zero-order chi connectivity index (χ0) is 18.4. The van der Waals surface area contributed by atoms with Gasteiger partial charge in [0.15, 0.2) is 11.5 Å². The van der Waals surface area contributed by atoms with Crippen molar-refractivity contribution in [2.75, 3.05) is 39.5 Å². The highest BCUT2D eigenvalue weighted by Crippen LogP contribution is 2.37. The lowest BCUT2D eigenvalue weighted by Crippen LogP contribution is -2.40. The zero-order valence-corrected chi connectivity index (χ0v) is 16.2. The molecular weight excluding hydrogens is 328 g/mol. The summed E-state index contributed by atoms with van der Waals surface area (Å²) in [4.78, 5) is 17.1. The molecule has 2 aliphatic heterocycles. The fourth-order valence-corrected chi connectivity index (χ4v) is 3.77. The number of carbonyl (C=O) groups is 1. The summed E-state index contributed by atoms with van der Waals surface area (Å²) in [6.45, 7) is 8.95. The Kier molecular flexibility index (Phi) is 6.78. The lowest BCUT2D eigenvalue weighted by atomic mass is 9.98. The van der Waals surface area contributed by atoms with Gasteiger partial charge in [0, 0.05) is 19.6 Å². The van der Waals surface area contributed by atoms with E-state index in [4.69, 9.17) is 9.47 Å². The SMILES string of the molecule is CCCCN(CCCC)C(=O)CN1CCC(c2ccc3c(c2)OCO3)C1. The molecule has 0 aliphatic carbocycles. The van der Waals surface area contributed by atoms with Gasteiger partial charge in [-0.1, -0.05) is 32.8 Å². The van der Waals surface area contributed by atoms with E-state index in [2.05, 4.69) is 35.8 Å².